The van der Waals surface area contributed by atoms with Crippen LogP contribution in [-0.2, 0) is 9.92 Å². The molecule has 1 aromatic rings. The van der Waals surface area contributed by atoms with Crippen LogP contribution in [0.15, 0.2) is 29.3 Å². The third-order valence-corrected chi connectivity index (χ3v) is 4.81. The Balaban J connectivity index is 2.19. The molecule has 0 bridgehead atoms. The summed E-state index contributed by atoms with van der Waals surface area (Å²) in [4.78, 5) is 16.8. The van der Waals surface area contributed by atoms with Gasteiger partial charge in [0, 0.05) is 18.3 Å². The van der Waals surface area contributed by atoms with E-state index in [4.69, 9.17) is 23.2 Å². The van der Waals surface area contributed by atoms with Gasteiger partial charge in [-0.2, -0.15) is 4.99 Å². The average Bonchev–Trinajstić information content (AvgIpc) is 2.92. The molecule has 2 unspecified atom stereocenters. The quantitative estimate of drug-likeness (QED) is 0.848. The number of rotatable bonds is 4. The molecule has 0 aromatic heterocycles. The number of anilines is 1. The lowest BCUT2D eigenvalue weighted by atomic mass is 10.1. The van der Waals surface area contributed by atoms with Gasteiger partial charge in [0.1, 0.15) is 6.10 Å². The molecule has 21 heavy (non-hydrogen) atoms. The van der Waals surface area contributed by atoms with Crippen LogP contribution in [0.25, 0.3) is 0 Å². The highest BCUT2D eigenvalue weighted by Crippen LogP contribution is 2.36. The Labute approximate surface area is 135 Å². The number of carbonyl (C=O) groups excluding carboxylic acids is 1. The lowest BCUT2D eigenvalue weighted by molar-refractivity contribution is -0.115. The molecule has 0 fully saturated rings. The van der Waals surface area contributed by atoms with Crippen LogP contribution in [0.2, 0.25) is 0 Å². The summed E-state index contributed by atoms with van der Waals surface area (Å²) in [7, 11) is 1.76. The van der Waals surface area contributed by atoms with Crippen LogP contribution in [-0.4, -0.2) is 41.0 Å². The second-order valence-electron chi connectivity index (χ2n) is 4.48. The minimum Gasteiger partial charge on any atom is -0.387 e. The normalized spacial score (nSPS) is 19.1. The van der Waals surface area contributed by atoms with Gasteiger partial charge in [0.2, 0.25) is 5.13 Å². The van der Waals surface area contributed by atoms with Gasteiger partial charge in [0.05, 0.1) is 11.6 Å². The van der Waals surface area contributed by atoms with E-state index in [1.807, 2.05) is 0 Å². The first-order chi connectivity index (χ1) is 9.86. The second kappa shape index (κ2) is 6.52. The molecule has 8 heteroatoms. The van der Waals surface area contributed by atoms with Crippen molar-refractivity contribution >= 4 is 51.7 Å². The first-order valence-corrected chi connectivity index (χ1v) is 7.96. The average molecular weight is 351 g/mol. The zero-order chi connectivity index (χ0) is 15.6. The van der Waals surface area contributed by atoms with Gasteiger partial charge < -0.3 is 10.0 Å². The highest BCUT2D eigenvalue weighted by molar-refractivity contribution is 8.15. The maximum Gasteiger partial charge on any atom is 0.258 e. The number of benzene rings is 1. The molecule has 1 aromatic carbocycles. The Morgan fingerprint density at radius 3 is 2.62 bits per heavy atom. The van der Waals surface area contributed by atoms with Crippen molar-refractivity contribution in [3.63, 3.8) is 0 Å². The molecule has 4 nitrogen and oxygen atoms in total. The summed E-state index contributed by atoms with van der Waals surface area (Å²) < 4.78 is 14.2. The molecule has 114 valence electrons. The van der Waals surface area contributed by atoms with Gasteiger partial charge in [-0.1, -0.05) is 35.5 Å². The lowest BCUT2D eigenvalue weighted by Gasteiger charge is -2.24. The summed E-state index contributed by atoms with van der Waals surface area (Å²) in [6.45, 7) is 0. The fourth-order valence-corrected chi connectivity index (χ4v) is 3.05. The first kappa shape index (κ1) is 16.5. The maximum absolute atomic E-state index is 14.2. The fourth-order valence-electron chi connectivity index (χ4n) is 1.78. The van der Waals surface area contributed by atoms with Crippen LogP contribution >= 0.6 is 35.0 Å². The summed E-state index contributed by atoms with van der Waals surface area (Å²) in [6, 6.07) is 6.21. The van der Waals surface area contributed by atoms with E-state index < -0.39 is 11.2 Å². The number of nitrogens with zero attached hydrogens (tertiary/aromatic N) is 2. The van der Waals surface area contributed by atoms with Gasteiger partial charge in [0.25, 0.3) is 5.91 Å². The van der Waals surface area contributed by atoms with Crippen molar-refractivity contribution in [3.05, 3.63) is 29.8 Å². The minimum absolute atomic E-state index is 0.117. The number of aliphatic hydroxyl groups is 1. The van der Waals surface area contributed by atoms with Crippen molar-refractivity contribution in [3.8, 4) is 0 Å². The second-order valence-corrected chi connectivity index (χ2v) is 6.28. The number of alkyl halides is 3. The molecule has 0 saturated heterocycles. The molecule has 1 heterocycles. The molecule has 0 radical (unpaired) electrons. The standard InChI is InChI=1S/C13H13Cl2FN2O2S/c1-18(12-17-11(20)7-21-12)9-4-2-8(3-5-9)13(15,16)10(19)6-14/h2-5,10,19H,6-7H2,1H3. The van der Waals surface area contributed by atoms with Crippen molar-refractivity contribution < 1.29 is 14.3 Å². The Kier molecular flexibility index (Phi) is 5.14. The van der Waals surface area contributed by atoms with E-state index in [0.717, 1.165) is 5.69 Å². The van der Waals surface area contributed by atoms with E-state index in [0.29, 0.717) is 10.9 Å². The van der Waals surface area contributed by atoms with Gasteiger partial charge in [-0.25, -0.2) is 4.39 Å². The van der Waals surface area contributed by atoms with E-state index in [9.17, 15) is 14.3 Å². The molecule has 2 rings (SSSR count). The highest BCUT2D eigenvalue weighted by atomic mass is 35.5. The summed E-state index contributed by atoms with van der Waals surface area (Å²) in [5.74, 6) is -0.154. The van der Waals surface area contributed by atoms with Crippen molar-refractivity contribution in [1.82, 2.24) is 0 Å². The van der Waals surface area contributed by atoms with Gasteiger partial charge in [-0.15, -0.1) is 11.6 Å². The predicted octanol–water partition coefficient (Wildman–Crippen LogP) is 2.71. The van der Waals surface area contributed by atoms with Crippen molar-refractivity contribution in [2.75, 3.05) is 23.6 Å². The van der Waals surface area contributed by atoms with Crippen LogP contribution in [0, 0.1) is 0 Å². The van der Waals surface area contributed by atoms with E-state index in [-0.39, 0.29) is 17.4 Å². The summed E-state index contributed by atoms with van der Waals surface area (Å²) >= 11 is 12.5. The Morgan fingerprint density at radius 1 is 1.52 bits per heavy atom. The number of thioether (sulfide) groups is 1. The SMILES string of the molecule is CN(C1=NC(=O)CS1)c1ccc(C(F)(Cl)C(O)CCl)cc1. The van der Waals surface area contributed by atoms with Crippen LogP contribution in [0.5, 0.6) is 0 Å². The largest absolute Gasteiger partial charge is 0.387 e. The highest BCUT2D eigenvalue weighted by Gasteiger charge is 2.37. The van der Waals surface area contributed by atoms with Crippen molar-refractivity contribution in [2.45, 2.75) is 11.2 Å². The smallest absolute Gasteiger partial charge is 0.258 e. The molecule has 0 saturated carbocycles. The molecule has 1 N–H and O–H groups in total. The van der Waals surface area contributed by atoms with Crippen LogP contribution < -0.4 is 4.90 Å². The zero-order valence-electron chi connectivity index (χ0n) is 11.1. The maximum atomic E-state index is 14.2. The van der Waals surface area contributed by atoms with Gasteiger partial charge in [0.15, 0.2) is 5.17 Å². The van der Waals surface area contributed by atoms with Crippen molar-refractivity contribution in [2.24, 2.45) is 4.99 Å². The number of carbonyl (C=O) groups is 1. The number of amides is 1. The number of aliphatic hydroxyl groups excluding tert-OH is 1. The van der Waals surface area contributed by atoms with Crippen LogP contribution in [0.4, 0.5) is 10.1 Å². The Bertz CT molecular complexity index is 566. The number of hydrogen-bond donors (Lipinski definition) is 1. The number of hydrogen-bond acceptors (Lipinski definition) is 4. The Hall–Kier alpha value is -0.820. The number of amidine groups is 1. The molecule has 1 aliphatic rings. The molecular formula is C13H13Cl2FN2O2S. The number of aliphatic imine (C=N–C) groups is 1. The molecule has 1 amide bonds. The van der Waals surface area contributed by atoms with Gasteiger partial charge >= 0.3 is 0 Å². The van der Waals surface area contributed by atoms with Gasteiger partial charge in [-0.3, -0.25) is 4.79 Å². The van der Waals surface area contributed by atoms with E-state index in [1.54, 1.807) is 24.1 Å². The molecular weight excluding hydrogens is 338 g/mol. The monoisotopic (exact) mass is 350 g/mol. The van der Waals surface area contributed by atoms with E-state index in [1.165, 1.54) is 23.9 Å². The minimum atomic E-state index is -2.44. The predicted molar refractivity (Wildman–Crippen MR) is 85.1 cm³/mol. The fraction of sp³-hybridized carbons (Fsp3) is 0.385. The molecule has 1 aliphatic heterocycles. The van der Waals surface area contributed by atoms with Gasteiger partial charge in [-0.05, 0) is 12.1 Å². The van der Waals surface area contributed by atoms with Crippen LogP contribution in [0.3, 0.4) is 0 Å². The number of halogens is 3. The van der Waals surface area contributed by atoms with E-state index >= 15 is 0 Å². The summed E-state index contributed by atoms with van der Waals surface area (Å²) in [5, 5.41) is 7.66. The molecule has 2 atom stereocenters. The zero-order valence-corrected chi connectivity index (χ0v) is 13.4. The van der Waals surface area contributed by atoms with Crippen LogP contribution in [0.1, 0.15) is 5.56 Å². The summed E-state index contributed by atoms with van der Waals surface area (Å²) in [5.41, 5.74) is 0.846. The van der Waals surface area contributed by atoms with Crippen molar-refractivity contribution in [1.29, 1.82) is 0 Å². The third kappa shape index (κ3) is 3.51. The Morgan fingerprint density at radius 2 is 2.14 bits per heavy atom. The molecule has 0 aliphatic carbocycles. The molecule has 0 spiro atoms. The topological polar surface area (TPSA) is 52.9 Å². The summed E-state index contributed by atoms with van der Waals surface area (Å²) in [6.07, 6.45) is -1.50. The lowest BCUT2D eigenvalue weighted by Crippen LogP contribution is -2.31. The van der Waals surface area contributed by atoms with E-state index in [2.05, 4.69) is 4.99 Å². The third-order valence-electron chi connectivity index (χ3n) is 3.04. The first-order valence-electron chi connectivity index (χ1n) is 6.06.